The van der Waals surface area contributed by atoms with E-state index in [1.165, 1.54) is 18.6 Å². The Morgan fingerprint density at radius 2 is 2.14 bits per heavy atom. The second-order valence-corrected chi connectivity index (χ2v) is 7.02. The summed E-state index contributed by atoms with van der Waals surface area (Å²) in [7, 11) is 1.54. The van der Waals surface area contributed by atoms with Gasteiger partial charge < -0.3 is 19.6 Å². The van der Waals surface area contributed by atoms with Crippen molar-refractivity contribution >= 4 is 22.7 Å². The first-order valence-electron chi connectivity index (χ1n) is 9.34. The van der Waals surface area contributed by atoms with Gasteiger partial charge in [0.05, 0.1) is 12.8 Å². The lowest BCUT2D eigenvalue weighted by Crippen LogP contribution is -2.16. The Morgan fingerprint density at radius 3 is 2.82 bits per heavy atom. The summed E-state index contributed by atoms with van der Waals surface area (Å²) in [4.78, 5) is 24.8. The molecule has 1 fully saturated rings. The van der Waals surface area contributed by atoms with Gasteiger partial charge in [0.1, 0.15) is 23.3 Å². The van der Waals surface area contributed by atoms with Crippen LogP contribution in [0.5, 0.6) is 5.75 Å². The number of benzene rings is 1. The molecule has 1 amide bonds. The van der Waals surface area contributed by atoms with Crippen molar-refractivity contribution in [1.29, 1.82) is 0 Å². The summed E-state index contributed by atoms with van der Waals surface area (Å²) in [6, 6.07) is 5.02. The third-order valence-corrected chi connectivity index (χ3v) is 5.24. The average molecular weight is 382 g/mol. The fourth-order valence-electron chi connectivity index (χ4n) is 3.62. The Labute approximate surface area is 162 Å². The van der Waals surface area contributed by atoms with Crippen LogP contribution in [0.2, 0.25) is 0 Å². The number of methoxy groups -OCH3 is 1. The first-order valence-corrected chi connectivity index (χ1v) is 9.34. The molecule has 146 valence electrons. The molecule has 28 heavy (non-hydrogen) atoms. The molecule has 2 aromatic heterocycles. The summed E-state index contributed by atoms with van der Waals surface area (Å²) >= 11 is 0. The fourth-order valence-corrected chi connectivity index (χ4v) is 3.62. The van der Waals surface area contributed by atoms with Crippen LogP contribution in [0.3, 0.4) is 0 Å². The van der Waals surface area contributed by atoms with Crippen molar-refractivity contribution in [3.63, 3.8) is 0 Å². The molecule has 2 N–H and O–H groups in total. The van der Waals surface area contributed by atoms with Crippen LogP contribution in [0.15, 0.2) is 35.1 Å². The summed E-state index contributed by atoms with van der Waals surface area (Å²) in [5, 5.41) is 12.1. The molecule has 0 radical (unpaired) electrons. The number of nitrogens with zero attached hydrogens (tertiary/aromatic N) is 3. The molecule has 0 aliphatic heterocycles. The summed E-state index contributed by atoms with van der Waals surface area (Å²) in [6.07, 6.45) is 6.69. The lowest BCUT2D eigenvalue weighted by atomic mass is 9.82. The zero-order valence-electron chi connectivity index (χ0n) is 15.6. The van der Waals surface area contributed by atoms with Gasteiger partial charge in [0.15, 0.2) is 11.5 Å². The number of nitrogens with one attached hydrogen (secondary N) is 1. The first kappa shape index (κ1) is 18.4. The summed E-state index contributed by atoms with van der Waals surface area (Å²) < 4.78 is 11.4. The lowest BCUT2D eigenvalue weighted by molar-refractivity contribution is 0.102. The van der Waals surface area contributed by atoms with E-state index in [0.717, 1.165) is 25.7 Å². The number of hydrogen-bond acceptors (Lipinski definition) is 7. The van der Waals surface area contributed by atoms with E-state index in [-0.39, 0.29) is 24.1 Å². The number of ether oxygens (including phenoxy) is 1. The van der Waals surface area contributed by atoms with Crippen molar-refractivity contribution in [3.05, 3.63) is 42.3 Å². The molecule has 8 heteroatoms. The molecule has 0 saturated heterocycles. The molecule has 0 atom stereocenters. The molecule has 1 aromatic carbocycles. The van der Waals surface area contributed by atoms with Crippen molar-refractivity contribution in [2.75, 3.05) is 19.0 Å². The maximum Gasteiger partial charge on any atom is 0.274 e. The van der Waals surface area contributed by atoms with Crippen LogP contribution in [-0.2, 0) is 0 Å². The van der Waals surface area contributed by atoms with Crippen LogP contribution in [0.25, 0.3) is 11.1 Å². The first-order chi connectivity index (χ1) is 13.7. The van der Waals surface area contributed by atoms with Gasteiger partial charge in [-0.05, 0) is 37.7 Å². The van der Waals surface area contributed by atoms with Crippen molar-refractivity contribution in [2.24, 2.45) is 5.92 Å². The highest BCUT2D eigenvalue weighted by atomic mass is 16.5. The van der Waals surface area contributed by atoms with Crippen LogP contribution in [0, 0.1) is 5.92 Å². The van der Waals surface area contributed by atoms with Crippen LogP contribution in [-0.4, -0.2) is 39.7 Å². The molecule has 1 aliphatic rings. The highest BCUT2D eigenvalue weighted by Crippen LogP contribution is 2.38. The molecule has 4 rings (SSSR count). The number of fused-ring (bicyclic) bond motifs is 1. The second-order valence-electron chi connectivity index (χ2n) is 7.02. The predicted molar refractivity (Wildman–Crippen MR) is 102 cm³/mol. The quantitative estimate of drug-likeness (QED) is 0.697. The normalized spacial score (nSPS) is 19.5. The Morgan fingerprint density at radius 1 is 1.32 bits per heavy atom. The predicted octanol–water partition coefficient (Wildman–Crippen LogP) is 3.14. The van der Waals surface area contributed by atoms with E-state index in [1.54, 1.807) is 19.2 Å². The molecule has 1 saturated carbocycles. The van der Waals surface area contributed by atoms with Gasteiger partial charge >= 0.3 is 0 Å². The molecule has 2 heterocycles. The maximum atomic E-state index is 12.4. The summed E-state index contributed by atoms with van der Waals surface area (Å²) in [5.41, 5.74) is 2.04. The zero-order valence-corrected chi connectivity index (χ0v) is 15.6. The largest absolute Gasteiger partial charge is 0.494 e. The number of oxazole rings is 1. The van der Waals surface area contributed by atoms with E-state index >= 15 is 0 Å². The number of hydrogen-bond donors (Lipinski definition) is 2. The van der Waals surface area contributed by atoms with E-state index in [9.17, 15) is 9.90 Å². The van der Waals surface area contributed by atoms with Gasteiger partial charge in [0.25, 0.3) is 5.91 Å². The van der Waals surface area contributed by atoms with Crippen LogP contribution in [0.1, 0.15) is 48.0 Å². The molecule has 3 aromatic rings. The number of aromatic nitrogens is 3. The highest BCUT2D eigenvalue weighted by molar-refractivity contribution is 6.04. The standard InChI is InChI=1S/C20H22N4O4/c1-27-17-8-16-18(9-15(17)23-19(26)14-6-7-21-11-22-14)28-20(24-16)13-4-2-12(10-25)3-5-13/h6-9,11-13,25H,2-5,10H2,1H3,(H,23,26). The van der Waals surface area contributed by atoms with Crippen LogP contribution < -0.4 is 10.1 Å². The molecule has 1 aliphatic carbocycles. The summed E-state index contributed by atoms with van der Waals surface area (Å²) in [5.74, 6) is 1.47. The van der Waals surface area contributed by atoms with Crippen molar-refractivity contribution in [3.8, 4) is 5.75 Å². The molecule has 0 spiro atoms. The second kappa shape index (κ2) is 7.93. The smallest absolute Gasteiger partial charge is 0.274 e. The van der Waals surface area contributed by atoms with Gasteiger partial charge in [0.2, 0.25) is 0 Å². The highest BCUT2D eigenvalue weighted by Gasteiger charge is 2.26. The Hall–Kier alpha value is -3.00. The maximum absolute atomic E-state index is 12.4. The third-order valence-electron chi connectivity index (χ3n) is 5.24. The van der Waals surface area contributed by atoms with Gasteiger partial charge in [0, 0.05) is 30.9 Å². The minimum atomic E-state index is -0.359. The van der Waals surface area contributed by atoms with Gasteiger partial charge in [-0.1, -0.05) is 0 Å². The number of aliphatic hydroxyl groups excluding tert-OH is 1. The van der Waals surface area contributed by atoms with Gasteiger partial charge in [-0.25, -0.2) is 15.0 Å². The third kappa shape index (κ3) is 3.68. The molecule has 8 nitrogen and oxygen atoms in total. The van der Waals surface area contributed by atoms with Gasteiger partial charge in [-0.15, -0.1) is 0 Å². The monoisotopic (exact) mass is 382 g/mol. The zero-order chi connectivity index (χ0) is 19.5. The lowest BCUT2D eigenvalue weighted by Gasteiger charge is -2.24. The Bertz CT molecular complexity index is 965. The number of carbonyl (C=O) groups is 1. The fraction of sp³-hybridized carbons (Fsp3) is 0.400. The topological polar surface area (TPSA) is 110 Å². The number of anilines is 1. The van der Waals surface area contributed by atoms with Crippen molar-refractivity contribution < 1.29 is 19.1 Å². The van der Waals surface area contributed by atoms with E-state index < -0.39 is 0 Å². The van der Waals surface area contributed by atoms with E-state index in [2.05, 4.69) is 20.3 Å². The van der Waals surface area contributed by atoms with Gasteiger partial charge in [-0.3, -0.25) is 4.79 Å². The number of carbonyl (C=O) groups excluding carboxylic acids is 1. The number of rotatable bonds is 5. The number of aliphatic hydroxyl groups is 1. The van der Waals surface area contributed by atoms with Gasteiger partial charge in [-0.2, -0.15) is 0 Å². The Kier molecular flexibility index (Phi) is 5.21. The molecular weight excluding hydrogens is 360 g/mol. The van der Waals surface area contributed by atoms with Crippen molar-refractivity contribution in [1.82, 2.24) is 15.0 Å². The van der Waals surface area contributed by atoms with E-state index in [4.69, 9.17) is 9.15 Å². The SMILES string of the molecule is COc1cc2nc(C3CCC(CO)CC3)oc2cc1NC(=O)c1ccncn1. The minimum Gasteiger partial charge on any atom is -0.494 e. The molecule has 0 bridgehead atoms. The van der Waals surface area contributed by atoms with Crippen LogP contribution >= 0.6 is 0 Å². The van der Waals surface area contributed by atoms with Crippen LogP contribution in [0.4, 0.5) is 5.69 Å². The van der Waals surface area contributed by atoms with E-state index in [0.29, 0.717) is 34.3 Å². The molecular formula is C20H22N4O4. The average Bonchev–Trinajstić information content (AvgIpc) is 3.16. The minimum absolute atomic E-state index is 0.243. The van der Waals surface area contributed by atoms with Crippen molar-refractivity contribution in [2.45, 2.75) is 31.6 Å². The number of amides is 1. The molecule has 0 unspecified atom stereocenters. The van der Waals surface area contributed by atoms with E-state index in [1.807, 2.05) is 0 Å². The summed E-state index contributed by atoms with van der Waals surface area (Å²) in [6.45, 7) is 0.243. The Balaban J connectivity index is 1.59.